The topological polar surface area (TPSA) is 60.8 Å². The van der Waals surface area contributed by atoms with Gasteiger partial charge in [0.05, 0.1) is 6.61 Å². The largest absolute Gasteiger partial charge is 0.490 e. The van der Waals surface area contributed by atoms with Crippen LogP contribution in [0.1, 0.15) is 24.8 Å². The van der Waals surface area contributed by atoms with Crippen molar-refractivity contribution in [2.24, 2.45) is 0 Å². The molecule has 1 aromatic carbocycles. The fourth-order valence-electron chi connectivity index (χ4n) is 2.56. The van der Waals surface area contributed by atoms with Crippen LogP contribution in [0, 0.1) is 11.6 Å². The molecule has 2 rings (SSSR count). The SMILES string of the molecule is O=C(O)C(F)(F)F.OCC1CCCCN1CCc1cc(F)ccc1F. The minimum atomic E-state index is -5.08. The lowest BCUT2D eigenvalue weighted by Crippen LogP contribution is -2.42. The third-order valence-corrected chi connectivity index (χ3v) is 3.88. The molecule has 142 valence electrons. The van der Waals surface area contributed by atoms with E-state index in [1.165, 1.54) is 12.1 Å². The highest BCUT2D eigenvalue weighted by Gasteiger charge is 2.38. The van der Waals surface area contributed by atoms with Crippen molar-refractivity contribution in [3.05, 3.63) is 35.4 Å². The summed E-state index contributed by atoms with van der Waals surface area (Å²) in [7, 11) is 0. The van der Waals surface area contributed by atoms with Gasteiger partial charge in [-0.25, -0.2) is 13.6 Å². The lowest BCUT2D eigenvalue weighted by Gasteiger charge is -2.34. The molecule has 1 unspecified atom stereocenters. The number of carbonyl (C=O) groups is 1. The lowest BCUT2D eigenvalue weighted by atomic mass is 10.0. The second-order valence-corrected chi connectivity index (χ2v) is 5.66. The molecule has 1 fully saturated rings. The van der Waals surface area contributed by atoms with E-state index in [4.69, 9.17) is 9.90 Å². The molecule has 0 amide bonds. The number of hydrogen-bond donors (Lipinski definition) is 2. The number of aliphatic carboxylic acids is 1. The fraction of sp³-hybridized carbons (Fsp3) is 0.562. The molecule has 2 N–H and O–H groups in total. The van der Waals surface area contributed by atoms with Crippen LogP contribution in [0.4, 0.5) is 22.0 Å². The average molecular weight is 369 g/mol. The summed E-state index contributed by atoms with van der Waals surface area (Å²) in [5.74, 6) is -3.51. The Morgan fingerprint density at radius 3 is 2.44 bits per heavy atom. The van der Waals surface area contributed by atoms with E-state index in [9.17, 15) is 27.1 Å². The molecule has 1 saturated heterocycles. The van der Waals surface area contributed by atoms with Gasteiger partial charge in [-0.05, 0) is 49.6 Å². The number of aliphatic hydroxyl groups excluding tert-OH is 1. The van der Waals surface area contributed by atoms with Crippen LogP contribution in [-0.2, 0) is 11.2 Å². The van der Waals surface area contributed by atoms with E-state index >= 15 is 0 Å². The van der Waals surface area contributed by atoms with Crippen LogP contribution in [0.5, 0.6) is 0 Å². The number of hydrogen-bond acceptors (Lipinski definition) is 3. The van der Waals surface area contributed by atoms with Crippen molar-refractivity contribution in [2.75, 3.05) is 19.7 Å². The Morgan fingerprint density at radius 1 is 1.24 bits per heavy atom. The van der Waals surface area contributed by atoms with Gasteiger partial charge in [-0.3, -0.25) is 4.90 Å². The number of alkyl halides is 3. The van der Waals surface area contributed by atoms with Crippen molar-refractivity contribution in [3.63, 3.8) is 0 Å². The van der Waals surface area contributed by atoms with Gasteiger partial charge >= 0.3 is 12.1 Å². The van der Waals surface area contributed by atoms with E-state index in [1.54, 1.807) is 0 Å². The van der Waals surface area contributed by atoms with E-state index < -0.39 is 18.0 Å². The Hall–Kier alpha value is -1.74. The van der Waals surface area contributed by atoms with Gasteiger partial charge in [0.15, 0.2) is 0 Å². The van der Waals surface area contributed by atoms with Gasteiger partial charge in [0.1, 0.15) is 11.6 Å². The fourth-order valence-corrected chi connectivity index (χ4v) is 2.56. The highest BCUT2D eigenvalue weighted by molar-refractivity contribution is 5.73. The highest BCUT2D eigenvalue weighted by Crippen LogP contribution is 2.18. The standard InChI is InChI=1S/C14H19F2NO.C2HF3O2/c15-12-4-5-14(16)11(9-12)6-8-17-7-2-1-3-13(17)10-18;3-2(4,5)1(6)7/h4-5,9,13,18H,1-3,6-8,10H2;(H,6,7). The van der Waals surface area contributed by atoms with Gasteiger partial charge in [0.2, 0.25) is 0 Å². The number of halogens is 5. The molecule has 1 aliphatic rings. The minimum absolute atomic E-state index is 0.144. The van der Waals surface area contributed by atoms with Gasteiger partial charge in [-0.2, -0.15) is 13.2 Å². The van der Waals surface area contributed by atoms with Crippen LogP contribution in [-0.4, -0.2) is 53.0 Å². The van der Waals surface area contributed by atoms with Crippen molar-refractivity contribution >= 4 is 5.97 Å². The molecule has 1 atom stereocenters. The zero-order valence-corrected chi connectivity index (χ0v) is 13.4. The Bertz CT molecular complexity index is 565. The number of benzene rings is 1. The van der Waals surface area contributed by atoms with E-state index in [1.807, 2.05) is 0 Å². The van der Waals surface area contributed by atoms with Gasteiger partial charge in [-0.1, -0.05) is 6.42 Å². The number of likely N-dealkylation sites (tertiary alicyclic amines) is 1. The number of aliphatic hydroxyl groups is 1. The molecule has 4 nitrogen and oxygen atoms in total. The molecule has 0 radical (unpaired) electrons. The smallest absolute Gasteiger partial charge is 0.475 e. The first-order chi connectivity index (χ1) is 11.6. The van der Waals surface area contributed by atoms with Crippen LogP contribution in [0.3, 0.4) is 0 Å². The molecule has 0 aromatic heterocycles. The van der Waals surface area contributed by atoms with E-state index in [-0.39, 0.29) is 18.5 Å². The molecular weight excluding hydrogens is 349 g/mol. The van der Waals surface area contributed by atoms with Crippen LogP contribution >= 0.6 is 0 Å². The maximum atomic E-state index is 13.5. The van der Waals surface area contributed by atoms with Crippen LogP contribution in [0.15, 0.2) is 18.2 Å². The summed E-state index contributed by atoms with van der Waals surface area (Å²) in [4.78, 5) is 11.1. The zero-order valence-electron chi connectivity index (χ0n) is 13.4. The molecule has 0 aliphatic carbocycles. The summed E-state index contributed by atoms with van der Waals surface area (Å²) in [6.07, 6.45) is -1.36. The summed E-state index contributed by atoms with van der Waals surface area (Å²) in [6.45, 7) is 1.75. The van der Waals surface area contributed by atoms with Crippen molar-refractivity contribution in [3.8, 4) is 0 Å². The monoisotopic (exact) mass is 369 g/mol. The number of carboxylic acid groups (broad SMARTS) is 1. The quantitative estimate of drug-likeness (QED) is 0.801. The van der Waals surface area contributed by atoms with E-state index in [0.29, 0.717) is 18.5 Å². The van der Waals surface area contributed by atoms with Gasteiger partial charge in [0, 0.05) is 12.6 Å². The summed E-state index contributed by atoms with van der Waals surface area (Å²) in [6, 6.07) is 3.74. The molecule has 9 heteroatoms. The summed E-state index contributed by atoms with van der Waals surface area (Å²) in [5.41, 5.74) is 0.414. The second-order valence-electron chi connectivity index (χ2n) is 5.66. The zero-order chi connectivity index (χ0) is 19.0. The first kappa shape index (κ1) is 21.3. The number of nitrogens with zero attached hydrogens (tertiary/aromatic N) is 1. The molecule has 1 heterocycles. The van der Waals surface area contributed by atoms with Crippen molar-refractivity contribution < 1.29 is 37.0 Å². The Labute approximate surface area is 141 Å². The predicted octanol–water partition coefficient (Wildman–Crippen LogP) is 2.99. The molecule has 0 saturated carbocycles. The van der Waals surface area contributed by atoms with E-state index in [2.05, 4.69) is 4.90 Å². The van der Waals surface area contributed by atoms with Crippen LogP contribution < -0.4 is 0 Å². The molecule has 25 heavy (non-hydrogen) atoms. The van der Waals surface area contributed by atoms with Crippen molar-refractivity contribution in [1.82, 2.24) is 4.90 Å². The molecule has 1 aromatic rings. The minimum Gasteiger partial charge on any atom is -0.475 e. The second kappa shape index (κ2) is 9.67. The van der Waals surface area contributed by atoms with Crippen LogP contribution in [0.25, 0.3) is 0 Å². The third-order valence-electron chi connectivity index (χ3n) is 3.88. The first-order valence-electron chi connectivity index (χ1n) is 7.74. The van der Waals surface area contributed by atoms with Gasteiger partial charge in [0.25, 0.3) is 0 Å². The highest BCUT2D eigenvalue weighted by atomic mass is 19.4. The molecule has 1 aliphatic heterocycles. The average Bonchev–Trinajstić information content (AvgIpc) is 2.55. The number of carboxylic acids is 1. The van der Waals surface area contributed by atoms with Crippen molar-refractivity contribution in [2.45, 2.75) is 37.9 Å². The van der Waals surface area contributed by atoms with Crippen LogP contribution in [0.2, 0.25) is 0 Å². The summed E-state index contributed by atoms with van der Waals surface area (Å²) >= 11 is 0. The molecule has 0 bridgehead atoms. The first-order valence-corrected chi connectivity index (χ1v) is 7.74. The van der Waals surface area contributed by atoms with Gasteiger partial charge < -0.3 is 10.2 Å². The Morgan fingerprint density at radius 2 is 1.88 bits per heavy atom. The maximum Gasteiger partial charge on any atom is 0.490 e. The lowest BCUT2D eigenvalue weighted by molar-refractivity contribution is -0.192. The molecular formula is C16H20F5NO3. The summed E-state index contributed by atoms with van der Waals surface area (Å²) < 4.78 is 58.2. The normalized spacial score (nSPS) is 18.4. The molecule has 0 spiro atoms. The Kier molecular flexibility index (Phi) is 8.24. The van der Waals surface area contributed by atoms with E-state index in [0.717, 1.165) is 31.9 Å². The maximum absolute atomic E-state index is 13.5. The van der Waals surface area contributed by atoms with Crippen molar-refractivity contribution in [1.29, 1.82) is 0 Å². The number of rotatable bonds is 4. The third kappa shape index (κ3) is 7.35. The van der Waals surface area contributed by atoms with Gasteiger partial charge in [-0.15, -0.1) is 0 Å². The summed E-state index contributed by atoms with van der Waals surface area (Å²) in [5, 5.41) is 16.4. The predicted molar refractivity (Wildman–Crippen MR) is 80.1 cm³/mol. The number of piperidine rings is 1. The Balaban J connectivity index is 0.000000381.